The average Bonchev–Trinajstić information content (AvgIpc) is 3.14. The number of ether oxygens (including phenoxy) is 2. The van der Waals surface area contributed by atoms with Crippen LogP contribution >= 0.6 is 0 Å². The van der Waals surface area contributed by atoms with Gasteiger partial charge in [0, 0.05) is 11.1 Å². The number of rotatable bonds is 5. The van der Waals surface area contributed by atoms with Crippen molar-refractivity contribution in [1.29, 1.82) is 0 Å². The van der Waals surface area contributed by atoms with Gasteiger partial charge in [-0.2, -0.15) is 5.10 Å². The van der Waals surface area contributed by atoms with E-state index in [2.05, 4.69) is 15.7 Å². The SMILES string of the molecule is COC(=O)c1ccccc1NC(=O)[C@H]1CC(=O)Nc2c(C)c(-c3ccc(OC)cc3)nn21. The molecule has 1 aliphatic rings. The standard InChI is InChI=1S/C23H22N4O5/c1-13-20(14-8-10-15(31-2)11-9-14)26-27-18(12-19(28)25-21(13)27)22(29)24-17-7-5-4-6-16(17)23(30)32-3/h4-11,18H,12H2,1-3H3,(H,24,29)(H,25,28)/t18-/m1/s1. The van der Waals surface area contributed by atoms with Crippen molar-refractivity contribution in [3.05, 3.63) is 59.7 Å². The summed E-state index contributed by atoms with van der Waals surface area (Å²) in [5, 5.41) is 10.2. The highest BCUT2D eigenvalue weighted by Crippen LogP contribution is 2.35. The van der Waals surface area contributed by atoms with E-state index in [1.165, 1.54) is 11.8 Å². The monoisotopic (exact) mass is 434 g/mol. The Balaban J connectivity index is 1.68. The number of benzene rings is 2. The minimum atomic E-state index is -0.879. The van der Waals surface area contributed by atoms with Crippen molar-refractivity contribution in [3.63, 3.8) is 0 Å². The van der Waals surface area contributed by atoms with Crippen LogP contribution in [0.1, 0.15) is 28.4 Å². The number of hydrogen-bond acceptors (Lipinski definition) is 6. The van der Waals surface area contributed by atoms with Gasteiger partial charge in [0.1, 0.15) is 17.6 Å². The van der Waals surface area contributed by atoms with Crippen LogP contribution in [0.3, 0.4) is 0 Å². The average molecular weight is 434 g/mol. The molecule has 164 valence electrons. The van der Waals surface area contributed by atoms with E-state index in [1.54, 1.807) is 31.4 Å². The van der Waals surface area contributed by atoms with E-state index >= 15 is 0 Å². The van der Waals surface area contributed by atoms with Crippen molar-refractivity contribution in [1.82, 2.24) is 9.78 Å². The van der Waals surface area contributed by atoms with Gasteiger partial charge in [0.2, 0.25) is 11.8 Å². The number of amides is 2. The second-order valence-electron chi connectivity index (χ2n) is 7.29. The fourth-order valence-corrected chi connectivity index (χ4v) is 3.66. The third-order valence-corrected chi connectivity index (χ3v) is 5.34. The van der Waals surface area contributed by atoms with Crippen LogP contribution in [0, 0.1) is 6.92 Å². The van der Waals surface area contributed by atoms with Gasteiger partial charge in [-0.15, -0.1) is 0 Å². The van der Waals surface area contributed by atoms with Gasteiger partial charge in [-0.05, 0) is 43.3 Å². The Morgan fingerprint density at radius 1 is 1.12 bits per heavy atom. The highest BCUT2D eigenvalue weighted by atomic mass is 16.5. The van der Waals surface area contributed by atoms with Crippen molar-refractivity contribution in [2.45, 2.75) is 19.4 Å². The van der Waals surface area contributed by atoms with Crippen molar-refractivity contribution in [2.24, 2.45) is 0 Å². The smallest absolute Gasteiger partial charge is 0.339 e. The molecule has 9 heteroatoms. The van der Waals surface area contributed by atoms with Crippen molar-refractivity contribution >= 4 is 29.3 Å². The predicted octanol–water partition coefficient (Wildman–Crippen LogP) is 3.18. The summed E-state index contributed by atoms with van der Waals surface area (Å²) < 4.78 is 11.5. The maximum absolute atomic E-state index is 13.2. The molecule has 0 saturated carbocycles. The number of para-hydroxylation sites is 1. The van der Waals surface area contributed by atoms with Gasteiger partial charge in [0.05, 0.1) is 37.6 Å². The Bertz CT molecular complexity index is 1200. The maximum Gasteiger partial charge on any atom is 0.339 e. The van der Waals surface area contributed by atoms with Gasteiger partial charge in [-0.25, -0.2) is 9.48 Å². The van der Waals surface area contributed by atoms with E-state index in [4.69, 9.17) is 9.47 Å². The van der Waals surface area contributed by atoms with Gasteiger partial charge in [-0.3, -0.25) is 9.59 Å². The molecule has 0 aliphatic carbocycles. The van der Waals surface area contributed by atoms with Crippen molar-refractivity contribution in [2.75, 3.05) is 24.9 Å². The minimum absolute atomic E-state index is 0.0810. The van der Waals surface area contributed by atoms with Crippen LogP contribution < -0.4 is 15.4 Å². The summed E-state index contributed by atoms with van der Waals surface area (Å²) in [6, 6.07) is 13.0. The number of hydrogen-bond donors (Lipinski definition) is 2. The zero-order chi connectivity index (χ0) is 22.8. The number of fused-ring (bicyclic) bond motifs is 1. The van der Waals surface area contributed by atoms with Gasteiger partial charge >= 0.3 is 5.97 Å². The molecule has 3 aromatic rings. The molecule has 4 rings (SSSR count). The Kier molecular flexibility index (Phi) is 5.63. The number of methoxy groups -OCH3 is 2. The van der Waals surface area contributed by atoms with E-state index in [0.717, 1.165) is 11.1 Å². The summed E-state index contributed by atoms with van der Waals surface area (Å²) in [4.78, 5) is 37.6. The van der Waals surface area contributed by atoms with E-state index in [-0.39, 0.29) is 17.9 Å². The van der Waals surface area contributed by atoms with Crippen LogP contribution in [0.2, 0.25) is 0 Å². The number of esters is 1. The van der Waals surface area contributed by atoms with E-state index in [0.29, 0.717) is 22.9 Å². The number of aromatic nitrogens is 2. The van der Waals surface area contributed by atoms with Crippen LogP contribution in [-0.2, 0) is 14.3 Å². The van der Waals surface area contributed by atoms with Crippen molar-refractivity contribution < 1.29 is 23.9 Å². The normalized spacial score (nSPS) is 14.8. The quantitative estimate of drug-likeness (QED) is 0.597. The lowest BCUT2D eigenvalue weighted by Gasteiger charge is -2.24. The lowest BCUT2D eigenvalue weighted by molar-refractivity contribution is -0.125. The number of carbonyl (C=O) groups excluding carboxylic acids is 3. The molecule has 0 saturated heterocycles. The Labute approximate surface area is 184 Å². The van der Waals surface area contributed by atoms with E-state index in [1.807, 2.05) is 31.2 Å². The molecule has 1 atom stereocenters. The number of nitrogens with one attached hydrogen (secondary N) is 2. The molecule has 2 aromatic carbocycles. The lowest BCUT2D eigenvalue weighted by Crippen LogP contribution is -2.36. The summed E-state index contributed by atoms with van der Waals surface area (Å²) in [7, 11) is 2.86. The van der Waals surface area contributed by atoms with Crippen molar-refractivity contribution in [3.8, 4) is 17.0 Å². The van der Waals surface area contributed by atoms with Gasteiger partial charge in [0.25, 0.3) is 0 Å². The molecule has 0 radical (unpaired) electrons. The first kappa shape index (κ1) is 21.1. The molecule has 1 aliphatic heterocycles. The summed E-state index contributed by atoms with van der Waals surface area (Å²) in [6.07, 6.45) is -0.0810. The fraction of sp³-hybridized carbons (Fsp3) is 0.217. The van der Waals surface area contributed by atoms with Gasteiger partial charge in [-0.1, -0.05) is 12.1 Å². The first-order chi connectivity index (χ1) is 15.4. The first-order valence-corrected chi connectivity index (χ1v) is 9.94. The maximum atomic E-state index is 13.2. The highest BCUT2D eigenvalue weighted by molar-refractivity contribution is 6.05. The molecule has 0 unspecified atom stereocenters. The van der Waals surface area contributed by atoms with Crippen LogP contribution in [-0.4, -0.2) is 41.8 Å². The molecular formula is C23H22N4O5. The summed E-state index contributed by atoms with van der Waals surface area (Å²) in [5.74, 6) is -0.136. The van der Waals surface area contributed by atoms with Gasteiger partial charge < -0.3 is 20.1 Å². The summed E-state index contributed by atoms with van der Waals surface area (Å²) in [6.45, 7) is 1.84. The van der Waals surface area contributed by atoms with Crippen LogP contribution in [0.4, 0.5) is 11.5 Å². The largest absolute Gasteiger partial charge is 0.497 e. The highest BCUT2D eigenvalue weighted by Gasteiger charge is 2.34. The zero-order valence-electron chi connectivity index (χ0n) is 17.8. The molecule has 2 N–H and O–H groups in total. The Morgan fingerprint density at radius 3 is 2.53 bits per heavy atom. The Morgan fingerprint density at radius 2 is 1.84 bits per heavy atom. The molecule has 0 spiro atoms. The third kappa shape index (κ3) is 3.80. The van der Waals surface area contributed by atoms with Crippen LogP contribution in [0.25, 0.3) is 11.3 Å². The Hall–Kier alpha value is -4.14. The van der Waals surface area contributed by atoms with Crippen LogP contribution in [0.5, 0.6) is 5.75 Å². The number of carbonyl (C=O) groups is 3. The topological polar surface area (TPSA) is 112 Å². The third-order valence-electron chi connectivity index (χ3n) is 5.34. The molecule has 9 nitrogen and oxygen atoms in total. The molecule has 0 bridgehead atoms. The molecule has 32 heavy (non-hydrogen) atoms. The fourth-order valence-electron chi connectivity index (χ4n) is 3.66. The van der Waals surface area contributed by atoms with Gasteiger partial charge in [0.15, 0.2) is 0 Å². The molecule has 1 aromatic heterocycles. The predicted molar refractivity (Wildman–Crippen MR) is 118 cm³/mol. The number of anilines is 2. The lowest BCUT2D eigenvalue weighted by atomic mass is 10.1. The molecule has 2 amide bonds. The zero-order valence-corrected chi connectivity index (χ0v) is 17.8. The van der Waals surface area contributed by atoms with E-state index in [9.17, 15) is 14.4 Å². The summed E-state index contributed by atoms with van der Waals surface area (Å²) >= 11 is 0. The number of nitrogens with zero attached hydrogens (tertiary/aromatic N) is 2. The molecule has 2 heterocycles. The summed E-state index contributed by atoms with van der Waals surface area (Å²) in [5.41, 5.74) is 2.75. The molecular weight excluding hydrogens is 412 g/mol. The van der Waals surface area contributed by atoms with E-state index < -0.39 is 17.9 Å². The van der Waals surface area contributed by atoms with Crippen LogP contribution in [0.15, 0.2) is 48.5 Å². The second kappa shape index (κ2) is 8.54. The first-order valence-electron chi connectivity index (χ1n) is 9.94. The second-order valence-corrected chi connectivity index (χ2v) is 7.29. The molecule has 0 fully saturated rings. The minimum Gasteiger partial charge on any atom is -0.497 e.